The summed E-state index contributed by atoms with van der Waals surface area (Å²) in [6.07, 6.45) is 3.75. The van der Waals surface area contributed by atoms with E-state index < -0.39 is 0 Å². The van der Waals surface area contributed by atoms with Gasteiger partial charge in [0.1, 0.15) is 15.8 Å². The lowest BCUT2D eigenvalue weighted by Gasteiger charge is -2.18. The van der Waals surface area contributed by atoms with E-state index in [0.29, 0.717) is 42.9 Å². The Labute approximate surface area is 176 Å². The Kier molecular flexibility index (Phi) is 5.62. The molecule has 2 saturated heterocycles. The van der Waals surface area contributed by atoms with Gasteiger partial charge in [0.2, 0.25) is 0 Å². The van der Waals surface area contributed by atoms with Crippen molar-refractivity contribution in [1.82, 2.24) is 4.90 Å². The Bertz CT molecular complexity index is 935. The number of halogens is 2. The van der Waals surface area contributed by atoms with Gasteiger partial charge >= 0.3 is 0 Å². The first kappa shape index (κ1) is 19.0. The molecule has 3 heterocycles. The lowest BCUT2D eigenvalue weighted by atomic mass is 10.2. The topological polar surface area (TPSA) is 42.7 Å². The highest BCUT2D eigenvalue weighted by atomic mass is 35.5. The minimum Gasteiger partial charge on any atom is -0.457 e. The molecule has 2 fully saturated rings. The highest BCUT2D eigenvalue weighted by Gasteiger charge is 2.34. The van der Waals surface area contributed by atoms with Crippen LogP contribution in [0.25, 0.3) is 17.4 Å². The van der Waals surface area contributed by atoms with Crippen LogP contribution in [0.2, 0.25) is 10.0 Å². The predicted molar refractivity (Wildman–Crippen MR) is 113 cm³/mol. The van der Waals surface area contributed by atoms with E-state index in [2.05, 4.69) is 0 Å². The fourth-order valence-electron chi connectivity index (χ4n) is 3.04. The van der Waals surface area contributed by atoms with Gasteiger partial charge in [0.15, 0.2) is 0 Å². The summed E-state index contributed by atoms with van der Waals surface area (Å²) in [6, 6.07) is 8.78. The first-order chi connectivity index (χ1) is 13.0. The monoisotopic (exact) mass is 439 g/mol. The molecule has 1 aromatic carbocycles. The first-order valence-electron chi connectivity index (χ1n) is 8.43. The molecule has 27 heavy (non-hydrogen) atoms. The summed E-state index contributed by atoms with van der Waals surface area (Å²) in [5.74, 6) is 1.03. The van der Waals surface area contributed by atoms with E-state index in [1.54, 1.807) is 41.3 Å². The van der Waals surface area contributed by atoms with Gasteiger partial charge in [-0.3, -0.25) is 9.69 Å². The van der Waals surface area contributed by atoms with Crippen LogP contribution in [0.5, 0.6) is 0 Å². The third-order valence-electron chi connectivity index (χ3n) is 4.38. The molecule has 8 heteroatoms. The number of hydrogen-bond acceptors (Lipinski definition) is 5. The Morgan fingerprint density at radius 1 is 1.30 bits per heavy atom. The van der Waals surface area contributed by atoms with Crippen LogP contribution >= 0.6 is 47.2 Å². The third kappa shape index (κ3) is 4.10. The molecule has 1 aromatic heterocycles. The summed E-state index contributed by atoms with van der Waals surface area (Å²) in [6.45, 7) is 1.25. The number of thioether (sulfide) groups is 1. The van der Waals surface area contributed by atoms with E-state index in [1.165, 1.54) is 11.8 Å². The highest BCUT2D eigenvalue weighted by Crippen LogP contribution is 2.36. The number of amides is 1. The minimum atomic E-state index is -0.112. The second-order valence-electron chi connectivity index (χ2n) is 6.25. The van der Waals surface area contributed by atoms with Crippen molar-refractivity contribution in [2.24, 2.45) is 0 Å². The third-order valence-corrected chi connectivity index (χ3v) is 6.32. The van der Waals surface area contributed by atoms with Crippen LogP contribution in [0.4, 0.5) is 0 Å². The van der Waals surface area contributed by atoms with Crippen molar-refractivity contribution in [3.63, 3.8) is 0 Å². The van der Waals surface area contributed by atoms with Crippen LogP contribution in [0.1, 0.15) is 18.6 Å². The largest absolute Gasteiger partial charge is 0.457 e. The fourth-order valence-corrected chi connectivity index (χ4v) is 4.68. The number of nitrogens with zero attached hydrogens (tertiary/aromatic N) is 1. The summed E-state index contributed by atoms with van der Waals surface area (Å²) in [5.41, 5.74) is 0.703. The summed E-state index contributed by atoms with van der Waals surface area (Å²) < 4.78 is 12.0. The number of carbonyl (C=O) groups excluding carboxylic acids is 1. The molecule has 0 spiro atoms. The van der Waals surface area contributed by atoms with Crippen LogP contribution < -0.4 is 0 Å². The molecule has 0 saturated carbocycles. The van der Waals surface area contributed by atoms with Crippen molar-refractivity contribution < 1.29 is 13.9 Å². The van der Waals surface area contributed by atoms with E-state index in [-0.39, 0.29) is 12.0 Å². The maximum Gasteiger partial charge on any atom is 0.266 e. The normalized spacial score (nSPS) is 21.6. The van der Waals surface area contributed by atoms with Crippen molar-refractivity contribution >= 4 is 63.5 Å². The van der Waals surface area contributed by atoms with Gasteiger partial charge in [0.25, 0.3) is 5.91 Å². The number of carbonyl (C=O) groups is 1. The maximum atomic E-state index is 12.7. The summed E-state index contributed by atoms with van der Waals surface area (Å²) >= 11 is 18.9. The Morgan fingerprint density at radius 2 is 2.15 bits per heavy atom. The van der Waals surface area contributed by atoms with Gasteiger partial charge in [-0.05, 0) is 43.2 Å². The summed E-state index contributed by atoms with van der Waals surface area (Å²) in [5, 5.41) is 1.12. The van der Waals surface area contributed by atoms with Crippen LogP contribution in [-0.4, -0.2) is 34.4 Å². The Balaban J connectivity index is 1.54. The first-order valence-corrected chi connectivity index (χ1v) is 10.4. The van der Waals surface area contributed by atoms with E-state index >= 15 is 0 Å². The molecular weight excluding hydrogens is 425 g/mol. The van der Waals surface area contributed by atoms with Gasteiger partial charge < -0.3 is 9.15 Å². The van der Waals surface area contributed by atoms with Crippen molar-refractivity contribution in [3.05, 3.63) is 51.0 Å². The van der Waals surface area contributed by atoms with Gasteiger partial charge in [0.05, 0.1) is 22.6 Å². The molecule has 1 unspecified atom stereocenters. The molecule has 1 amide bonds. The Hall–Kier alpha value is -1.31. The lowest BCUT2D eigenvalue weighted by Crippen LogP contribution is -2.35. The quantitative estimate of drug-likeness (QED) is 0.455. The van der Waals surface area contributed by atoms with Crippen LogP contribution in [0, 0.1) is 0 Å². The van der Waals surface area contributed by atoms with Gasteiger partial charge in [-0.1, -0.05) is 47.2 Å². The smallest absolute Gasteiger partial charge is 0.266 e. The summed E-state index contributed by atoms with van der Waals surface area (Å²) in [4.78, 5) is 14.8. The zero-order valence-electron chi connectivity index (χ0n) is 14.1. The summed E-state index contributed by atoms with van der Waals surface area (Å²) in [7, 11) is 0. The van der Waals surface area contributed by atoms with E-state index in [1.807, 2.05) is 0 Å². The standard InChI is InChI=1S/C19H15Cl2NO3S2/c20-11-3-5-15(21)14(8-11)16-6-4-12(25-16)9-17-18(23)22(19(26)27-17)10-13-2-1-7-24-13/h3-6,8-9,13H,1-2,7,10H2/b17-9+. The van der Waals surface area contributed by atoms with Crippen molar-refractivity contribution in [1.29, 1.82) is 0 Å². The maximum absolute atomic E-state index is 12.7. The number of ether oxygens (including phenoxy) is 1. The molecule has 0 aliphatic carbocycles. The number of rotatable bonds is 4. The van der Waals surface area contributed by atoms with E-state index in [0.717, 1.165) is 19.4 Å². The van der Waals surface area contributed by atoms with Crippen molar-refractivity contribution in [2.45, 2.75) is 18.9 Å². The molecule has 4 rings (SSSR count). The molecule has 2 aromatic rings. The van der Waals surface area contributed by atoms with E-state index in [4.69, 9.17) is 44.6 Å². The molecule has 2 aliphatic heterocycles. The zero-order chi connectivity index (χ0) is 19.0. The second-order valence-corrected chi connectivity index (χ2v) is 8.77. The average Bonchev–Trinajstić information content (AvgIpc) is 3.36. The van der Waals surface area contributed by atoms with Gasteiger partial charge in [-0.2, -0.15) is 0 Å². The van der Waals surface area contributed by atoms with Gasteiger partial charge in [-0.25, -0.2) is 0 Å². The van der Waals surface area contributed by atoms with Crippen LogP contribution in [0.3, 0.4) is 0 Å². The van der Waals surface area contributed by atoms with Crippen molar-refractivity contribution in [2.75, 3.05) is 13.2 Å². The van der Waals surface area contributed by atoms with Crippen molar-refractivity contribution in [3.8, 4) is 11.3 Å². The number of thiocarbonyl (C=S) groups is 1. The predicted octanol–water partition coefficient (Wildman–Crippen LogP) is 5.63. The Morgan fingerprint density at radius 3 is 2.93 bits per heavy atom. The number of furan rings is 1. The SMILES string of the molecule is O=C1/C(=C\c2ccc(-c3cc(Cl)ccc3Cl)o2)SC(=S)N1CC1CCCO1. The molecule has 0 N–H and O–H groups in total. The lowest BCUT2D eigenvalue weighted by molar-refractivity contribution is -0.123. The van der Waals surface area contributed by atoms with E-state index in [9.17, 15) is 4.79 Å². The second kappa shape index (κ2) is 7.97. The van der Waals surface area contributed by atoms with Crippen LogP contribution in [0.15, 0.2) is 39.7 Å². The molecule has 0 bridgehead atoms. The van der Waals surface area contributed by atoms with Gasteiger partial charge in [-0.15, -0.1) is 0 Å². The van der Waals surface area contributed by atoms with Crippen LogP contribution in [-0.2, 0) is 9.53 Å². The highest BCUT2D eigenvalue weighted by molar-refractivity contribution is 8.26. The molecule has 1 atom stereocenters. The minimum absolute atomic E-state index is 0.0621. The average molecular weight is 440 g/mol. The van der Waals surface area contributed by atoms with Gasteiger partial charge in [0, 0.05) is 23.3 Å². The number of benzene rings is 1. The molecular formula is C19H15Cl2NO3S2. The molecule has 2 aliphatic rings. The molecule has 4 nitrogen and oxygen atoms in total. The number of hydrogen-bond donors (Lipinski definition) is 0. The zero-order valence-corrected chi connectivity index (χ0v) is 17.3. The molecule has 140 valence electrons. The fraction of sp³-hybridized carbons (Fsp3) is 0.263. The molecule has 0 radical (unpaired) electrons.